The SMILES string of the molecule is CC1CCC(NC(=O)C[C@](O)(c2nccn2C)C(F)(F)F)CC1. The first-order valence-corrected chi connectivity index (χ1v) is 7.69. The molecule has 0 bridgehead atoms. The number of aromatic nitrogens is 2. The fourth-order valence-electron chi connectivity index (χ4n) is 2.99. The first-order chi connectivity index (χ1) is 10.6. The van der Waals surface area contributed by atoms with Crippen molar-refractivity contribution in [2.45, 2.75) is 56.8 Å². The molecule has 2 N–H and O–H groups in total. The molecular weight excluding hydrogens is 311 g/mol. The fourth-order valence-corrected chi connectivity index (χ4v) is 2.99. The Labute approximate surface area is 132 Å². The molecule has 0 spiro atoms. The molecule has 1 saturated carbocycles. The Morgan fingerprint density at radius 3 is 2.48 bits per heavy atom. The zero-order chi connectivity index (χ0) is 17.3. The molecule has 0 radical (unpaired) electrons. The van der Waals surface area contributed by atoms with Crippen LogP contribution in [-0.2, 0) is 17.4 Å². The predicted octanol–water partition coefficient (Wildman–Crippen LogP) is 2.25. The average Bonchev–Trinajstić information content (AvgIpc) is 2.86. The van der Waals surface area contributed by atoms with Crippen molar-refractivity contribution >= 4 is 5.91 Å². The van der Waals surface area contributed by atoms with Crippen LogP contribution in [0.4, 0.5) is 13.2 Å². The van der Waals surface area contributed by atoms with Crippen molar-refractivity contribution < 1.29 is 23.1 Å². The van der Waals surface area contributed by atoms with Crippen molar-refractivity contribution in [3.63, 3.8) is 0 Å². The van der Waals surface area contributed by atoms with Crippen LogP contribution in [0.3, 0.4) is 0 Å². The Balaban J connectivity index is 2.10. The van der Waals surface area contributed by atoms with Crippen LogP contribution in [0.1, 0.15) is 44.9 Å². The van der Waals surface area contributed by atoms with Gasteiger partial charge in [-0.05, 0) is 31.6 Å². The van der Waals surface area contributed by atoms with E-state index in [2.05, 4.69) is 17.2 Å². The molecule has 1 aromatic heterocycles. The third-order valence-corrected chi connectivity index (χ3v) is 4.46. The van der Waals surface area contributed by atoms with Crippen molar-refractivity contribution in [3.8, 4) is 0 Å². The van der Waals surface area contributed by atoms with Crippen LogP contribution >= 0.6 is 0 Å². The van der Waals surface area contributed by atoms with Gasteiger partial charge in [0.2, 0.25) is 11.5 Å². The minimum absolute atomic E-state index is 0.127. The van der Waals surface area contributed by atoms with Gasteiger partial charge in [-0.3, -0.25) is 4.79 Å². The van der Waals surface area contributed by atoms with Gasteiger partial charge in [0.1, 0.15) is 0 Å². The summed E-state index contributed by atoms with van der Waals surface area (Å²) in [5, 5.41) is 12.8. The van der Waals surface area contributed by atoms with Crippen molar-refractivity contribution in [2.24, 2.45) is 13.0 Å². The van der Waals surface area contributed by atoms with Crippen LogP contribution in [0, 0.1) is 5.92 Å². The molecule has 0 aliphatic heterocycles. The molecule has 2 rings (SSSR count). The topological polar surface area (TPSA) is 67.2 Å². The normalized spacial score (nSPS) is 25.0. The summed E-state index contributed by atoms with van der Waals surface area (Å²) >= 11 is 0. The number of amides is 1. The van der Waals surface area contributed by atoms with Crippen LogP contribution < -0.4 is 5.32 Å². The summed E-state index contributed by atoms with van der Waals surface area (Å²) in [6, 6.07) is -0.127. The number of rotatable bonds is 4. The van der Waals surface area contributed by atoms with E-state index in [0.29, 0.717) is 5.92 Å². The average molecular weight is 333 g/mol. The Morgan fingerprint density at radius 1 is 1.39 bits per heavy atom. The molecule has 1 heterocycles. The number of imidazole rings is 1. The van der Waals surface area contributed by atoms with Gasteiger partial charge in [-0.25, -0.2) is 4.98 Å². The lowest BCUT2D eigenvalue weighted by Crippen LogP contribution is -2.49. The van der Waals surface area contributed by atoms with Crippen LogP contribution in [0.15, 0.2) is 12.4 Å². The van der Waals surface area contributed by atoms with E-state index in [-0.39, 0.29) is 6.04 Å². The molecule has 0 unspecified atom stereocenters. The van der Waals surface area contributed by atoms with E-state index in [4.69, 9.17) is 0 Å². The quantitative estimate of drug-likeness (QED) is 0.888. The van der Waals surface area contributed by atoms with Gasteiger partial charge in [-0.1, -0.05) is 6.92 Å². The summed E-state index contributed by atoms with van der Waals surface area (Å²) < 4.78 is 41.1. The summed E-state index contributed by atoms with van der Waals surface area (Å²) in [5.41, 5.74) is -3.29. The monoisotopic (exact) mass is 333 g/mol. The van der Waals surface area contributed by atoms with Gasteiger partial charge in [-0.2, -0.15) is 13.2 Å². The number of carbonyl (C=O) groups excluding carboxylic acids is 1. The van der Waals surface area contributed by atoms with Crippen molar-refractivity contribution in [3.05, 3.63) is 18.2 Å². The largest absolute Gasteiger partial charge is 0.425 e. The number of aliphatic hydroxyl groups is 1. The number of aryl methyl sites for hydroxylation is 1. The molecule has 5 nitrogen and oxygen atoms in total. The van der Waals surface area contributed by atoms with Crippen molar-refractivity contribution in [2.75, 3.05) is 0 Å². The maximum absolute atomic E-state index is 13.4. The summed E-state index contributed by atoms with van der Waals surface area (Å²) in [6.45, 7) is 2.11. The molecule has 130 valence electrons. The molecule has 0 aromatic carbocycles. The van der Waals surface area contributed by atoms with Gasteiger partial charge < -0.3 is 15.0 Å². The summed E-state index contributed by atoms with van der Waals surface area (Å²) in [7, 11) is 1.35. The molecule has 1 aromatic rings. The van der Waals surface area contributed by atoms with Gasteiger partial charge in [0.05, 0.1) is 6.42 Å². The van der Waals surface area contributed by atoms with Gasteiger partial charge in [-0.15, -0.1) is 0 Å². The number of alkyl halides is 3. The number of halogens is 3. The molecule has 1 fully saturated rings. The predicted molar refractivity (Wildman–Crippen MR) is 77.3 cm³/mol. The highest BCUT2D eigenvalue weighted by molar-refractivity contribution is 5.77. The second kappa shape index (κ2) is 6.51. The Kier molecular flexibility index (Phi) is 5.03. The maximum atomic E-state index is 13.4. The Hall–Kier alpha value is -1.57. The Bertz CT molecular complexity index is 550. The number of hydrogen-bond donors (Lipinski definition) is 2. The zero-order valence-corrected chi connectivity index (χ0v) is 13.2. The van der Waals surface area contributed by atoms with E-state index in [1.165, 1.54) is 13.2 Å². The van der Waals surface area contributed by atoms with E-state index in [9.17, 15) is 23.1 Å². The number of nitrogens with one attached hydrogen (secondary N) is 1. The highest BCUT2D eigenvalue weighted by Crippen LogP contribution is 2.40. The number of hydrogen-bond acceptors (Lipinski definition) is 3. The highest BCUT2D eigenvalue weighted by atomic mass is 19.4. The molecular formula is C15H22F3N3O2. The van der Waals surface area contributed by atoms with Crippen LogP contribution in [-0.4, -0.2) is 32.8 Å². The van der Waals surface area contributed by atoms with E-state index in [0.717, 1.165) is 36.4 Å². The van der Waals surface area contributed by atoms with E-state index in [1.807, 2.05) is 0 Å². The standard InChI is InChI=1S/C15H22F3N3O2/c1-10-3-5-11(6-4-10)20-12(22)9-14(23,15(16,17)18)13-19-7-8-21(13)2/h7-8,10-11,23H,3-6,9H2,1-2H3,(H,20,22)/t10?,11?,14-/m0/s1. The van der Waals surface area contributed by atoms with Gasteiger partial charge in [0.25, 0.3) is 0 Å². The van der Waals surface area contributed by atoms with Crippen LogP contribution in [0.5, 0.6) is 0 Å². The Morgan fingerprint density at radius 2 is 2.00 bits per heavy atom. The number of nitrogens with zero attached hydrogens (tertiary/aromatic N) is 2. The molecule has 0 saturated heterocycles. The third-order valence-electron chi connectivity index (χ3n) is 4.46. The summed E-state index contributed by atoms with van der Waals surface area (Å²) in [6.07, 6.45) is -0.252. The molecule has 1 atom stereocenters. The molecule has 23 heavy (non-hydrogen) atoms. The molecule has 1 aliphatic carbocycles. The van der Waals surface area contributed by atoms with Gasteiger partial charge in [0, 0.05) is 25.5 Å². The van der Waals surface area contributed by atoms with E-state index >= 15 is 0 Å². The van der Waals surface area contributed by atoms with Gasteiger partial charge >= 0.3 is 6.18 Å². The summed E-state index contributed by atoms with van der Waals surface area (Å²) in [4.78, 5) is 15.6. The first-order valence-electron chi connectivity index (χ1n) is 7.69. The van der Waals surface area contributed by atoms with Crippen LogP contribution in [0.2, 0.25) is 0 Å². The highest BCUT2D eigenvalue weighted by Gasteiger charge is 2.58. The van der Waals surface area contributed by atoms with E-state index in [1.54, 1.807) is 0 Å². The number of carbonyl (C=O) groups is 1. The summed E-state index contributed by atoms with van der Waals surface area (Å²) in [5.74, 6) is -0.826. The van der Waals surface area contributed by atoms with Crippen molar-refractivity contribution in [1.82, 2.24) is 14.9 Å². The lowest BCUT2D eigenvalue weighted by Gasteiger charge is -2.31. The van der Waals surface area contributed by atoms with Crippen molar-refractivity contribution in [1.29, 1.82) is 0 Å². The minimum atomic E-state index is -5.00. The lowest BCUT2D eigenvalue weighted by atomic mass is 9.87. The fraction of sp³-hybridized carbons (Fsp3) is 0.733. The second-order valence-electron chi connectivity index (χ2n) is 6.42. The third kappa shape index (κ3) is 3.85. The first kappa shape index (κ1) is 17.8. The maximum Gasteiger partial charge on any atom is 0.425 e. The van der Waals surface area contributed by atoms with Gasteiger partial charge in [0.15, 0.2) is 5.82 Å². The molecule has 1 amide bonds. The smallest absolute Gasteiger partial charge is 0.374 e. The molecule has 8 heteroatoms. The van der Waals surface area contributed by atoms with Crippen LogP contribution in [0.25, 0.3) is 0 Å². The van der Waals surface area contributed by atoms with E-state index < -0.39 is 29.9 Å². The lowest BCUT2D eigenvalue weighted by molar-refractivity contribution is -0.271. The zero-order valence-electron chi connectivity index (χ0n) is 13.2. The molecule has 1 aliphatic rings. The minimum Gasteiger partial charge on any atom is -0.374 e. The second-order valence-corrected chi connectivity index (χ2v) is 6.42.